The predicted molar refractivity (Wildman–Crippen MR) is 47.1 cm³/mol. The van der Waals surface area contributed by atoms with Gasteiger partial charge in [0.25, 0.3) is 0 Å². The van der Waals surface area contributed by atoms with E-state index in [-0.39, 0.29) is 11.8 Å². The van der Waals surface area contributed by atoms with Crippen LogP contribution in [0.4, 0.5) is 0 Å². The third kappa shape index (κ3) is 1.40. The maximum atomic E-state index is 11.1. The number of carbonyl (C=O) groups excluding carboxylic acids is 1. The number of Topliss-reactive ketones (excluding diaryl/α,β-unsaturated/α-hetero) is 1. The van der Waals surface area contributed by atoms with Crippen LogP contribution in [-0.2, 0) is 4.79 Å². The van der Waals surface area contributed by atoms with Crippen LogP contribution < -0.4 is 0 Å². The van der Waals surface area contributed by atoms with Crippen LogP contribution in [0.25, 0.3) is 0 Å². The Balaban J connectivity index is 3.03. The molecule has 3 heteroatoms. The third-order valence-electron chi connectivity index (χ3n) is 2.29. The SMILES string of the molecule is CC(=O)C(C)n1cnc(C)c1C. The molecular formula is C9H14N2O. The average Bonchev–Trinajstić information content (AvgIpc) is 2.32. The third-order valence-corrected chi connectivity index (χ3v) is 2.29. The molecule has 0 bridgehead atoms. The van der Waals surface area contributed by atoms with Gasteiger partial charge >= 0.3 is 0 Å². The van der Waals surface area contributed by atoms with Crippen molar-refractivity contribution in [2.75, 3.05) is 0 Å². The van der Waals surface area contributed by atoms with E-state index in [1.54, 1.807) is 13.3 Å². The van der Waals surface area contributed by atoms with Gasteiger partial charge in [0.15, 0.2) is 5.78 Å². The van der Waals surface area contributed by atoms with E-state index in [9.17, 15) is 4.79 Å². The molecule has 66 valence electrons. The van der Waals surface area contributed by atoms with Gasteiger partial charge in [-0.1, -0.05) is 0 Å². The molecule has 1 unspecified atom stereocenters. The van der Waals surface area contributed by atoms with Crippen LogP contribution >= 0.6 is 0 Å². The summed E-state index contributed by atoms with van der Waals surface area (Å²) in [7, 11) is 0. The van der Waals surface area contributed by atoms with E-state index in [1.165, 1.54) is 0 Å². The fraction of sp³-hybridized carbons (Fsp3) is 0.556. The number of imidazole rings is 1. The summed E-state index contributed by atoms with van der Waals surface area (Å²) in [6.07, 6.45) is 1.72. The van der Waals surface area contributed by atoms with Gasteiger partial charge in [0, 0.05) is 5.69 Å². The summed E-state index contributed by atoms with van der Waals surface area (Å²) in [6.45, 7) is 7.40. The minimum Gasteiger partial charge on any atom is -0.324 e. The lowest BCUT2D eigenvalue weighted by atomic mass is 10.2. The number of nitrogens with zero attached hydrogens (tertiary/aromatic N) is 2. The summed E-state index contributed by atoms with van der Waals surface area (Å²) in [6, 6.07) is -0.0915. The summed E-state index contributed by atoms with van der Waals surface area (Å²) >= 11 is 0. The lowest BCUT2D eigenvalue weighted by Crippen LogP contribution is -2.13. The smallest absolute Gasteiger partial charge is 0.152 e. The van der Waals surface area contributed by atoms with Crippen LogP contribution in [0, 0.1) is 13.8 Å². The highest BCUT2D eigenvalue weighted by Gasteiger charge is 2.12. The largest absolute Gasteiger partial charge is 0.324 e. The second kappa shape index (κ2) is 3.09. The van der Waals surface area contributed by atoms with Crippen molar-refractivity contribution in [1.29, 1.82) is 0 Å². The molecule has 0 aliphatic rings. The number of carbonyl (C=O) groups is 1. The first kappa shape index (κ1) is 8.97. The molecule has 0 N–H and O–H groups in total. The van der Waals surface area contributed by atoms with Crippen molar-refractivity contribution < 1.29 is 4.79 Å². The van der Waals surface area contributed by atoms with Crippen LogP contribution in [0.3, 0.4) is 0 Å². The van der Waals surface area contributed by atoms with Gasteiger partial charge in [0.1, 0.15) is 0 Å². The molecule has 1 aromatic heterocycles. The van der Waals surface area contributed by atoms with Gasteiger partial charge in [-0.15, -0.1) is 0 Å². The van der Waals surface area contributed by atoms with E-state index in [2.05, 4.69) is 4.98 Å². The monoisotopic (exact) mass is 166 g/mol. The molecule has 0 aliphatic carbocycles. The van der Waals surface area contributed by atoms with Crippen LogP contribution in [0.1, 0.15) is 31.3 Å². The van der Waals surface area contributed by atoms with Crippen LogP contribution in [-0.4, -0.2) is 15.3 Å². The summed E-state index contributed by atoms with van der Waals surface area (Å²) in [4.78, 5) is 15.2. The molecule has 0 fully saturated rings. The van der Waals surface area contributed by atoms with Crippen molar-refractivity contribution in [3.63, 3.8) is 0 Å². The first-order chi connectivity index (χ1) is 5.54. The lowest BCUT2D eigenvalue weighted by Gasteiger charge is -2.11. The fourth-order valence-electron chi connectivity index (χ4n) is 1.10. The van der Waals surface area contributed by atoms with Gasteiger partial charge in [-0.3, -0.25) is 4.79 Å². The first-order valence-corrected chi connectivity index (χ1v) is 4.04. The van der Waals surface area contributed by atoms with Crippen molar-refractivity contribution >= 4 is 5.78 Å². The van der Waals surface area contributed by atoms with E-state index in [1.807, 2.05) is 25.3 Å². The molecule has 0 spiro atoms. The van der Waals surface area contributed by atoms with Crippen LogP contribution in [0.2, 0.25) is 0 Å². The molecule has 1 aromatic rings. The molecule has 3 nitrogen and oxygen atoms in total. The van der Waals surface area contributed by atoms with Gasteiger partial charge in [-0.25, -0.2) is 4.98 Å². The predicted octanol–water partition coefficient (Wildman–Crippen LogP) is 1.65. The van der Waals surface area contributed by atoms with Gasteiger partial charge in [0.05, 0.1) is 18.1 Å². The minimum atomic E-state index is -0.0915. The van der Waals surface area contributed by atoms with Crippen molar-refractivity contribution in [3.8, 4) is 0 Å². The zero-order valence-electron chi connectivity index (χ0n) is 7.96. The highest BCUT2D eigenvalue weighted by Crippen LogP contribution is 2.12. The van der Waals surface area contributed by atoms with Crippen molar-refractivity contribution in [1.82, 2.24) is 9.55 Å². The summed E-state index contributed by atoms with van der Waals surface area (Å²) < 4.78 is 1.90. The number of aromatic nitrogens is 2. The van der Waals surface area contributed by atoms with Gasteiger partial charge < -0.3 is 4.57 Å². The van der Waals surface area contributed by atoms with E-state index in [0.717, 1.165) is 11.4 Å². The Bertz CT molecular complexity index is 301. The minimum absolute atomic E-state index is 0.0915. The maximum Gasteiger partial charge on any atom is 0.152 e. The highest BCUT2D eigenvalue weighted by molar-refractivity contribution is 5.79. The molecule has 0 aromatic carbocycles. The second-order valence-corrected chi connectivity index (χ2v) is 3.11. The van der Waals surface area contributed by atoms with Crippen molar-refractivity contribution in [2.45, 2.75) is 33.7 Å². The summed E-state index contributed by atoms with van der Waals surface area (Å²) in [5, 5.41) is 0. The molecule has 1 rings (SSSR count). The van der Waals surface area contributed by atoms with Crippen molar-refractivity contribution in [3.05, 3.63) is 17.7 Å². The Kier molecular flexibility index (Phi) is 2.31. The standard InChI is InChI=1S/C9H14N2O/c1-6-7(2)11(5-10-6)8(3)9(4)12/h5,8H,1-4H3. The zero-order chi connectivity index (χ0) is 9.30. The molecule has 1 heterocycles. The molecule has 0 amide bonds. The van der Waals surface area contributed by atoms with E-state index in [4.69, 9.17) is 0 Å². The number of rotatable bonds is 2. The molecule has 12 heavy (non-hydrogen) atoms. The van der Waals surface area contributed by atoms with Gasteiger partial charge in [-0.05, 0) is 27.7 Å². The number of hydrogen-bond donors (Lipinski definition) is 0. The Labute approximate surface area is 72.4 Å². The van der Waals surface area contributed by atoms with Crippen LogP contribution in [0.5, 0.6) is 0 Å². The van der Waals surface area contributed by atoms with Gasteiger partial charge in [-0.2, -0.15) is 0 Å². The fourth-order valence-corrected chi connectivity index (χ4v) is 1.10. The molecule has 0 saturated heterocycles. The average molecular weight is 166 g/mol. The maximum absolute atomic E-state index is 11.1. The quantitative estimate of drug-likeness (QED) is 0.669. The van der Waals surface area contributed by atoms with Gasteiger partial charge in [0.2, 0.25) is 0 Å². The number of hydrogen-bond acceptors (Lipinski definition) is 2. The first-order valence-electron chi connectivity index (χ1n) is 4.04. The topological polar surface area (TPSA) is 34.9 Å². The lowest BCUT2D eigenvalue weighted by molar-refractivity contribution is -0.119. The van der Waals surface area contributed by atoms with E-state index in [0.29, 0.717) is 0 Å². The Hall–Kier alpha value is -1.12. The molecule has 0 radical (unpaired) electrons. The summed E-state index contributed by atoms with van der Waals surface area (Å²) in [5.41, 5.74) is 2.06. The Morgan fingerprint density at radius 1 is 1.58 bits per heavy atom. The number of ketones is 1. The van der Waals surface area contributed by atoms with E-state index < -0.39 is 0 Å². The Morgan fingerprint density at radius 2 is 2.17 bits per heavy atom. The second-order valence-electron chi connectivity index (χ2n) is 3.11. The molecule has 0 saturated carbocycles. The molecule has 0 aliphatic heterocycles. The Morgan fingerprint density at radius 3 is 2.50 bits per heavy atom. The molecular weight excluding hydrogens is 152 g/mol. The van der Waals surface area contributed by atoms with E-state index >= 15 is 0 Å². The summed E-state index contributed by atoms with van der Waals surface area (Å²) in [5.74, 6) is 0.163. The zero-order valence-corrected chi connectivity index (χ0v) is 7.96. The highest BCUT2D eigenvalue weighted by atomic mass is 16.1. The van der Waals surface area contributed by atoms with Crippen molar-refractivity contribution in [2.24, 2.45) is 0 Å². The number of aryl methyl sites for hydroxylation is 1. The normalized spacial score (nSPS) is 13.0. The van der Waals surface area contributed by atoms with Crippen LogP contribution in [0.15, 0.2) is 6.33 Å². The molecule has 1 atom stereocenters.